The SMILES string of the molecule is Cc1cc(C(=O)N2CCN(C(=O)c3cn(C4CCNCC4)nn3)CC2)c(C)o1.Cl. The van der Waals surface area contributed by atoms with Crippen LogP contribution >= 0.6 is 12.4 Å². The Hall–Kier alpha value is -2.39. The van der Waals surface area contributed by atoms with E-state index in [1.54, 1.807) is 29.0 Å². The molecule has 1 N–H and O–H groups in total. The molecule has 0 spiro atoms. The van der Waals surface area contributed by atoms with Gasteiger partial charge in [0.25, 0.3) is 11.8 Å². The summed E-state index contributed by atoms with van der Waals surface area (Å²) in [7, 11) is 0. The maximum Gasteiger partial charge on any atom is 0.276 e. The van der Waals surface area contributed by atoms with Crippen LogP contribution in [0, 0.1) is 13.8 Å². The molecule has 0 saturated carbocycles. The Labute approximate surface area is 175 Å². The Morgan fingerprint density at radius 2 is 1.69 bits per heavy atom. The van der Waals surface area contributed by atoms with Crippen LogP contribution in [0.15, 0.2) is 16.7 Å². The van der Waals surface area contributed by atoms with Gasteiger partial charge in [0.2, 0.25) is 0 Å². The summed E-state index contributed by atoms with van der Waals surface area (Å²) >= 11 is 0. The molecule has 2 aliphatic rings. The Morgan fingerprint density at radius 1 is 1.07 bits per heavy atom. The van der Waals surface area contributed by atoms with Gasteiger partial charge in [0, 0.05) is 26.2 Å². The predicted octanol–water partition coefficient (Wildman–Crippen LogP) is 1.43. The van der Waals surface area contributed by atoms with Crippen LogP contribution in [-0.2, 0) is 0 Å². The minimum absolute atomic E-state index is 0. The van der Waals surface area contributed by atoms with Crippen molar-refractivity contribution < 1.29 is 14.0 Å². The van der Waals surface area contributed by atoms with E-state index in [4.69, 9.17) is 4.42 Å². The maximum absolute atomic E-state index is 12.8. The molecular weight excluding hydrogens is 396 g/mol. The Kier molecular flexibility index (Phi) is 6.59. The lowest BCUT2D eigenvalue weighted by molar-refractivity contribution is 0.0531. The van der Waals surface area contributed by atoms with Crippen molar-refractivity contribution in [1.82, 2.24) is 30.1 Å². The second kappa shape index (κ2) is 8.96. The van der Waals surface area contributed by atoms with Crippen LogP contribution in [-0.4, -0.2) is 75.9 Å². The van der Waals surface area contributed by atoms with Gasteiger partial charge < -0.3 is 19.5 Å². The lowest BCUT2D eigenvalue weighted by Crippen LogP contribution is -2.50. The van der Waals surface area contributed by atoms with E-state index in [9.17, 15) is 9.59 Å². The first-order valence-electron chi connectivity index (χ1n) is 9.81. The number of carbonyl (C=O) groups excluding carboxylic acids is 2. The average molecular weight is 423 g/mol. The minimum Gasteiger partial charge on any atom is -0.466 e. The summed E-state index contributed by atoms with van der Waals surface area (Å²) in [4.78, 5) is 29.0. The van der Waals surface area contributed by atoms with Crippen molar-refractivity contribution in [3.63, 3.8) is 0 Å². The summed E-state index contributed by atoms with van der Waals surface area (Å²) in [5.41, 5.74) is 0.974. The van der Waals surface area contributed by atoms with Crippen molar-refractivity contribution in [1.29, 1.82) is 0 Å². The zero-order chi connectivity index (χ0) is 19.7. The number of hydrogen-bond acceptors (Lipinski definition) is 6. The second-order valence-corrected chi connectivity index (χ2v) is 7.48. The molecule has 10 heteroatoms. The molecule has 29 heavy (non-hydrogen) atoms. The van der Waals surface area contributed by atoms with Crippen LogP contribution in [0.3, 0.4) is 0 Å². The summed E-state index contributed by atoms with van der Waals surface area (Å²) in [5, 5.41) is 11.6. The fourth-order valence-corrected chi connectivity index (χ4v) is 3.91. The zero-order valence-electron chi connectivity index (χ0n) is 16.8. The molecule has 4 rings (SSSR count). The van der Waals surface area contributed by atoms with Crippen molar-refractivity contribution in [2.75, 3.05) is 39.3 Å². The molecule has 2 amide bonds. The number of furan rings is 1. The first-order chi connectivity index (χ1) is 13.5. The fraction of sp³-hybridized carbons (Fsp3) is 0.579. The predicted molar refractivity (Wildman–Crippen MR) is 108 cm³/mol. The number of piperidine rings is 1. The standard InChI is InChI=1S/C19H26N6O3.ClH/c1-13-11-16(14(2)28-13)18(26)23-7-9-24(10-8-23)19(27)17-12-25(22-21-17)15-3-5-20-6-4-15;/h11-12,15,20H,3-10H2,1-2H3;1H. The topological polar surface area (TPSA) is 96.5 Å². The van der Waals surface area contributed by atoms with Gasteiger partial charge in [-0.05, 0) is 45.8 Å². The molecule has 2 saturated heterocycles. The van der Waals surface area contributed by atoms with E-state index in [2.05, 4.69) is 15.6 Å². The summed E-state index contributed by atoms with van der Waals surface area (Å²) < 4.78 is 7.28. The highest BCUT2D eigenvalue weighted by molar-refractivity contribution is 5.96. The number of amides is 2. The van der Waals surface area contributed by atoms with Gasteiger partial charge in [-0.15, -0.1) is 17.5 Å². The van der Waals surface area contributed by atoms with Crippen LogP contribution < -0.4 is 5.32 Å². The van der Waals surface area contributed by atoms with E-state index in [0.717, 1.165) is 31.7 Å². The summed E-state index contributed by atoms with van der Waals surface area (Å²) in [6.45, 7) is 7.51. The third-order valence-corrected chi connectivity index (χ3v) is 5.54. The normalized spacial score (nSPS) is 17.9. The number of nitrogens with zero attached hydrogens (tertiary/aromatic N) is 5. The molecular formula is C19H27ClN6O3. The number of hydrogen-bond donors (Lipinski definition) is 1. The van der Waals surface area contributed by atoms with Gasteiger partial charge in [0.1, 0.15) is 11.5 Å². The first kappa shape index (κ1) is 21.3. The van der Waals surface area contributed by atoms with Crippen molar-refractivity contribution in [2.24, 2.45) is 0 Å². The quantitative estimate of drug-likeness (QED) is 0.803. The molecule has 158 valence electrons. The number of aromatic nitrogens is 3. The molecule has 0 aliphatic carbocycles. The van der Waals surface area contributed by atoms with Gasteiger partial charge in [0.05, 0.1) is 17.8 Å². The highest BCUT2D eigenvalue weighted by Crippen LogP contribution is 2.19. The van der Waals surface area contributed by atoms with E-state index in [0.29, 0.717) is 49.2 Å². The van der Waals surface area contributed by atoms with Gasteiger partial charge in [-0.3, -0.25) is 9.59 Å². The highest BCUT2D eigenvalue weighted by Gasteiger charge is 2.29. The largest absolute Gasteiger partial charge is 0.466 e. The van der Waals surface area contributed by atoms with E-state index < -0.39 is 0 Å². The third-order valence-electron chi connectivity index (χ3n) is 5.54. The van der Waals surface area contributed by atoms with Gasteiger partial charge in [-0.2, -0.15) is 0 Å². The smallest absolute Gasteiger partial charge is 0.276 e. The van der Waals surface area contributed by atoms with Crippen molar-refractivity contribution >= 4 is 24.2 Å². The molecule has 0 atom stereocenters. The van der Waals surface area contributed by atoms with Crippen LogP contribution in [0.25, 0.3) is 0 Å². The van der Waals surface area contributed by atoms with Crippen LogP contribution in [0.5, 0.6) is 0 Å². The van der Waals surface area contributed by atoms with Crippen LogP contribution in [0.1, 0.15) is 51.3 Å². The Bertz CT molecular complexity index is 865. The van der Waals surface area contributed by atoms with Crippen LogP contribution in [0.4, 0.5) is 0 Å². The van der Waals surface area contributed by atoms with E-state index >= 15 is 0 Å². The molecule has 2 fully saturated rings. The number of nitrogens with one attached hydrogen (secondary N) is 1. The van der Waals surface area contributed by atoms with Crippen molar-refractivity contribution in [3.8, 4) is 0 Å². The fourth-order valence-electron chi connectivity index (χ4n) is 3.91. The molecule has 2 aromatic rings. The maximum atomic E-state index is 12.8. The van der Waals surface area contributed by atoms with E-state index in [1.807, 2.05) is 11.6 Å². The molecule has 2 aromatic heterocycles. The Balaban J connectivity index is 0.00000240. The summed E-state index contributed by atoms with van der Waals surface area (Å²) in [5.74, 6) is 1.20. The van der Waals surface area contributed by atoms with Gasteiger partial charge >= 0.3 is 0 Å². The number of rotatable bonds is 3. The second-order valence-electron chi connectivity index (χ2n) is 7.48. The molecule has 9 nitrogen and oxygen atoms in total. The van der Waals surface area contributed by atoms with Crippen LogP contribution in [0.2, 0.25) is 0 Å². The monoisotopic (exact) mass is 422 g/mol. The molecule has 2 aliphatic heterocycles. The average Bonchev–Trinajstić information content (AvgIpc) is 3.34. The molecule has 0 aromatic carbocycles. The summed E-state index contributed by atoms with van der Waals surface area (Å²) in [6.07, 6.45) is 3.74. The molecule has 0 bridgehead atoms. The van der Waals surface area contributed by atoms with Crippen molar-refractivity contribution in [2.45, 2.75) is 32.7 Å². The number of piperazine rings is 1. The number of carbonyl (C=O) groups is 2. The van der Waals surface area contributed by atoms with Gasteiger partial charge in [0.15, 0.2) is 5.69 Å². The minimum atomic E-state index is -0.123. The first-order valence-corrected chi connectivity index (χ1v) is 9.81. The van der Waals surface area contributed by atoms with Gasteiger partial charge in [-0.1, -0.05) is 5.21 Å². The number of halogens is 1. The molecule has 0 unspecified atom stereocenters. The lowest BCUT2D eigenvalue weighted by Gasteiger charge is -2.34. The third kappa shape index (κ3) is 4.45. The number of aryl methyl sites for hydroxylation is 2. The van der Waals surface area contributed by atoms with E-state index in [1.165, 1.54) is 0 Å². The summed E-state index contributed by atoms with van der Waals surface area (Å²) in [6, 6.07) is 2.07. The zero-order valence-corrected chi connectivity index (χ0v) is 17.6. The van der Waals surface area contributed by atoms with E-state index in [-0.39, 0.29) is 24.2 Å². The van der Waals surface area contributed by atoms with Gasteiger partial charge in [-0.25, -0.2) is 4.68 Å². The molecule has 0 radical (unpaired) electrons. The Morgan fingerprint density at radius 3 is 2.28 bits per heavy atom. The van der Waals surface area contributed by atoms with Crippen molar-refractivity contribution in [3.05, 3.63) is 35.0 Å². The molecule has 4 heterocycles. The lowest BCUT2D eigenvalue weighted by atomic mass is 10.1. The highest BCUT2D eigenvalue weighted by atomic mass is 35.5.